The van der Waals surface area contributed by atoms with Gasteiger partial charge in [0, 0.05) is 12.0 Å². The predicted octanol–water partition coefficient (Wildman–Crippen LogP) is -2.18. The van der Waals surface area contributed by atoms with Gasteiger partial charge in [-0.25, -0.2) is 0 Å². The second-order valence-corrected chi connectivity index (χ2v) is 6.00. The first-order chi connectivity index (χ1) is 10.6. The van der Waals surface area contributed by atoms with Crippen LogP contribution in [0.4, 0.5) is 0 Å². The van der Waals surface area contributed by atoms with Gasteiger partial charge in [-0.3, -0.25) is 0 Å². The SMILES string of the molecule is COc1cc2c(cc1O)CC[NH+](C[C@@H](O)C[NH2+]CCO)[C@@H]2C. The molecule has 124 valence electrons. The fraction of sp³-hybridized carbons (Fsp3) is 0.625. The molecule has 6 N–H and O–H groups in total. The number of quaternary nitrogens is 2. The van der Waals surface area contributed by atoms with E-state index < -0.39 is 0 Å². The lowest BCUT2D eigenvalue weighted by molar-refractivity contribution is -0.936. The van der Waals surface area contributed by atoms with Crippen molar-refractivity contribution in [2.45, 2.75) is 25.5 Å². The van der Waals surface area contributed by atoms with Crippen molar-refractivity contribution < 1.29 is 30.3 Å². The Morgan fingerprint density at radius 2 is 2.23 bits per heavy atom. The van der Waals surface area contributed by atoms with Gasteiger partial charge >= 0.3 is 0 Å². The van der Waals surface area contributed by atoms with E-state index in [1.165, 1.54) is 10.5 Å². The Morgan fingerprint density at radius 1 is 1.45 bits per heavy atom. The molecule has 1 aromatic rings. The number of phenols is 1. The van der Waals surface area contributed by atoms with Crippen molar-refractivity contribution in [1.82, 2.24) is 0 Å². The van der Waals surface area contributed by atoms with E-state index in [1.807, 2.05) is 11.4 Å². The molecule has 1 aromatic carbocycles. The number of rotatable bonds is 7. The van der Waals surface area contributed by atoms with Crippen LogP contribution in [0.25, 0.3) is 0 Å². The van der Waals surface area contributed by atoms with E-state index in [0.717, 1.165) is 18.5 Å². The highest BCUT2D eigenvalue weighted by Crippen LogP contribution is 2.32. The van der Waals surface area contributed by atoms with Gasteiger partial charge < -0.3 is 30.3 Å². The number of ether oxygens (including phenoxy) is 1. The number of aromatic hydroxyl groups is 1. The monoisotopic (exact) mass is 312 g/mol. The molecule has 1 aliphatic rings. The summed E-state index contributed by atoms with van der Waals surface area (Å²) in [6, 6.07) is 3.97. The molecule has 0 bridgehead atoms. The molecule has 0 aliphatic carbocycles. The molecule has 0 spiro atoms. The molecule has 3 atom stereocenters. The zero-order chi connectivity index (χ0) is 16.1. The van der Waals surface area contributed by atoms with Crippen LogP contribution in [0.2, 0.25) is 0 Å². The van der Waals surface area contributed by atoms with E-state index in [0.29, 0.717) is 25.4 Å². The third kappa shape index (κ3) is 3.89. The Kier molecular flexibility index (Phi) is 6.02. The van der Waals surface area contributed by atoms with Gasteiger partial charge in [-0.2, -0.15) is 0 Å². The fourth-order valence-electron chi connectivity index (χ4n) is 3.21. The smallest absolute Gasteiger partial charge is 0.161 e. The zero-order valence-electron chi connectivity index (χ0n) is 13.4. The standard InChI is InChI=1S/C16H26N2O4/c1-11-14-8-16(22-2)15(21)7-12(14)3-5-18(11)10-13(20)9-17-4-6-19/h7-8,11,13,17,19-21H,3-6,9-10H2,1-2H3/p+2/t11-,13+/m1/s1. The molecule has 0 aromatic heterocycles. The van der Waals surface area contributed by atoms with Gasteiger partial charge in [-0.1, -0.05) is 0 Å². The first-order valence-corrected chi connectivity index (χ1v) is 7.91. The Labute approximate surface area is 131 Å². The van der Waals surface area contributed by atoms with Crippen molar-refractivity contribution in [3.63, 3.8) is 0 Å². The normalized spacial score (nSPS) is 22.2. The molecule has 1 aliphatic heterocycles. The van der Waals surface area contributed by atoms with E-state index in [1.54, 1.807) is 13.2 Å². The second kappa shape index (κ2) is 7.78. The third-order valence-corrected chi connectivity index (χ3v) is 4.50. The molecule has 2 rings (SSSR count). The number of aliphatic hydroxyl groups excluding tert-OH is 2. The Balaban J connectivity index is 2.03. The molecule has 0 fully saturated rings. The zero-order valence-corrected chi connectivity index (χ0v) is 13.4. The van der Waals surface area contributed by atoms with Crippen molar-refractivity contribution in [3.8, 4) is 11.5 Å². The van der Waals surface area contributed by atoms with Crippen LogP contribution in [0.1, 0.15) is 24.1 Å². The first-order valence-electron chi connectivity index (χ1n) is 7.91. The average Bonchev–Trinajstić information content (AvgIpc) is 2.50. The molecule has 1 unspecified atom stereocenters. The van der Waals surface area contributed by atoms with Crippen molar-refractivity contribution >= 4 is 0 Å². The number of nitrogens with two attached hydrogens (primary N) is 1. The maximum atomic E-state index is 10.1. The van der Waals surface area contributed by atoms with Gasteiger partial charge in [-0.15, -0.1) is 0 Å². The van der Waals surface area contributed by atoms with Gasteiger partial charge in [0.1, 0.15) is 19.1 Å². The number of nitrogens with one attached hydrogen (secondary N) is 1. The minimum atomic E-state index is -0.385. The number of hydrogen-bond acceptors (Lipinski definition) is 4. The number of benzene rings is 1. The molecule has 6 heteroatoms. The summed E-state index contributed by atoms with van der Waals surface area (Å²) >= 11 is 0. The summed E-state index contributed by atoms with van der Waals surface area (Å²) < 4.78 is 5.20. The lowest BCUT2D eigenvalue weighted by Gasteiger charge is -2.33. The van der Waals surface area contributed by atoms with Crippen LogP contribution in [0.15, 0.2) is 12.1 Å². The van der Waals surface area contributed by atoms with Crippen LogP contribution in [-0.2, 0) is 6.42 Å². The highest BCUT2D eigenvalue weighted by Gasteiger charge is 2.30. The van der Waals surface area contributed by atoms with Gasteiger partial charge in [0.2, 0.25) is 0 Å². The molecule has 0 amide bonds. The molecule has 0 saturated heterocycles. The van der Waals surface area contributed by atoms with E-state index in [9.17, 15) is 10.2 Å². The van der Waals surface area contributed by atoms with Gasteiger partial charge in [-0.05, 0) is 24.6 Å². The maximum Gasteiger partial charge on any atom is 0.161 e. The largest absolute Gasteiger partial charge is 0.504 e. The number of aliphatic hydroxyl groups is 2. The van der Waals surface area contributed by atoms with Crippen LogP contribution in [-0.4, -0.2) is 61.3 Å². The van der Waals surface area contributed by atoms with Crippen molar-refractivity contribution in [1.29, 1.82) is 0 Å². The van der Waals surface area contributed by atoms with E-state index >= 15 is 0 Å². The van der Waals surface area contributed by atoms with Crippen molar-refractivity contribution in [3.05, 3.63) is 23.3 Å². The van der Waals surface area contributed by atoms with Gasteiger partial charge in [0.05, 0.1) is 26.8 Å². The number of fused-ring (bicyclic) bond motifs is 1. The van der Waals surface area contributed by atoms with Crippen LogP contribution in [0.3, 0.4) is 0 Å². The molecule has 0 saturated carbocycles. The summed E-state index contributed by atoms with van der Waals surface area (Å²) in [6.45, 7) is 5.15. The quantitative estimate of drug-likeness (QED) is 0.370. The van der Waals surface area contributed by atoms with Gasteiger partial charge in [0.15, 0.2) is 17.6 Å². The minimum absolute atomic E-state index is 0.135. The fourth-order valence-corrected chi connectivity index (χ4v) is 3.21. The summed E-state index contributed by atoms with van der Waals surface area (Å²) in [5.41, 5.74) is 2.35. The second-order valence-electron chi connectivity index (χ2n) is 6.00. The van der Waals surface area contributed by atoms with Crippen molar-refractivity contribution in [2.75, 3.05) is 39.9 Å². The number of phenolic OH excluding ortho intramolecular Hbond substituents is 1. The number of methoxy groups -OCH3 is 1. The summed E-state index contributed by atoms with van der Waals surface area (Å²) in [6.07, 6.45) is 0.504. The topological polar surface area (TPSA) is 91.0 Å². The van der Waals surface area contributed by atoms with Crippen molar-refractivity contribution in [2.24, 2.45) is 0 Å². The highest BCUT2D eigenvalue weighted by atomic mass is 16.5. The Hall–Kier alpha value is -1.34. The lowest BCUT2D eigenvalue weighted by Crippen LogP contribution is -3.14. The molecule has 1 heterocycles. The highest BCUT2D eigenvalue weighted by molar-refractivity contribution is 5.47. The third-order valence-electron chi connectivity index (χ3n) is 4.50. The average molecular weight is 312 g/mol. The Morgan fingerprint density at radius 3 is 2.91 bits per heavy atom. The van der Waals surface area contributed by atoms with Crippen LogP contribution < -0.4 is 15.0 Å². The molecular weight excluding hydrogens is 284 g/mol. The first kappa shape index (κ1) is 17.0. The lowest BCUT2D eigenvalue weighted by atomic mass is 9.92. The summed E-state index contributed by atoms with van der Waals surface area (Å²) in [5.74, 6) is 0.694. The summed E-state index contributed by atoms with van der Waals surface area (Å²) in [7, 11) is 1.56. The van der Waals surface area contributed by atoms with E-state index in [4.69, 9.17) is 9.84 Å². The number of hydrogen-bond donors (Lipinski definition) is 5. The molecular formula is C16H28N2O4+2. The molecule has 22 heavy (non-hydrogen) atoms. The minimum Gasteiger partial charge on any atom is -0.504 e. The summed E-state index contributed by atoms with van der Waals surface area (Å²) in [5, 5.41) is 30.7. The van der Waals surface area contributed by atoms with Crippen LogP contribution in [0, 0.1) is 0 Å². The molecule has 0 radical (unpaired) electrons. The Bertz CT molecular complexity index is 495. The van der Waals surface area contributed by atoms with Crippen LogP contribution in [0.5, 0.6) is 11.5 Å². The maximum absolute atomic E-state index is 10.1. The van der Waals surface area contributed by atoms with Gasteiger partial charge in [0.25, 0.3) is 0 Å². The summed E-state index contributed by atoms with van der Waals surface area (Å²) in [4.78, 5) is 1.34. The predicted molar refractivity (Wildman–Crippen MR) is 82.2 cm³/mol. The van der Waals surface area contributed by atoms with E-state index in [-0.39, 0.29) is 24.5 Å². The van der Waals surface area contributed by atoms with E-state index in [2.05, 4.69) is 6.92 Å². The molecule has 6 nitrogen and oxygen atoms in total. The van der Waals surface area contributed by atoms with Crippen LogP contribution >= 0.6 is 0 Å².